The van der Waals surface area contributed by atoms with Crippen LogP contribution in [0.5, 0.6) is 5.75 Å². The quantitative estimate of drug-likeness (QED) is 0.212. The zero-order valence-corrected chi connectivity index (χ0v) is 22.9. The first kappa shape index (κ1) is 29.3. The number of aliphatic hydroxyl groups is 3. The number of likely N-dealkylation sites (N-methyl/N-ethyl adjacent to an activating group) is 1. The molecule has 6 N–H and O–H groups in total. The van der Waals surface area contributed by atoms with E-state index in [2.05, 4.69) is 10.4 Å². The fourth-order valence-corrected chi connectivity index (χ4v) is 6.25. The summed E-state index contributed by atoms with van der Waals surface area (Å²) in [5.74, 6) is -7.37. The summed E-state index contributed by atoms with van der Waals surface area (Å²) in [5, 5.41) is 51.0. The number of Topliss-reactive ketones (excluding diaryl/α,β-unsaturated/α-hetero) is 2. The number of anilines is 1. The molecule has 4 rings (SSSR count). The molecule has 1 aromatic carbocycles. The Hall–Kier alpha value is -3.68. The number of hydrogen-bond acceptors (Lipinski definition) is 11. The number of carbonyl (C=O) groups excluding carboxylic acids is 3. The first-order valence-corrected chi connectivity index (χ1v) is 12.8. The van der Waals surface area contributed by atoms with Gasteiger partial charge >= 0.3 is 5.91 Å². The molecule has 1 amide bonds. The Morgan fingerprint density at radius 3 is 2.45 bits per heavy atom. The number of amides is 1. The number of rotatable bonds is 7. The third-order valence-electron chi connectivity index (χ3n) is 8.20. The van der Waals surface area contributed by atoms with E-state index in [1.54, 1.807) is 46.1 Å². The molecule has 2 unspecified atom stereocenters. The van der Waals surface area contributed by atoms with Gasteiger partial charge < -0.3 is 30.6 Å². The Bertz CT molecular complexity index is 1370. The van der Waals surface area contributed by atoms with Crippen LogP contribution in [-0.4, -0.2) is 95.3 Å². The number of aromatic hydroxyl groups is 1. The van der Waals surface area contributed by atoms with Crippen molar-refractivity contribution in [2.45, 2.75) is 44.0 Å². The second kappa shape index (κ2) is 10.4. The normalized spacial score (nSPS) is 26.9. The van der Waals surface area contributed by atoms with E-state index in [4.69, 9.17) is 5.53 Å². The van der Waals surface area contributed by atoms with Gasteiger partial charge in [0.05, 0.1) is 11.6 Å². The maximum absolute atomic E-state index is 14.0. The summed E-state index contributed by atoms with van der Waals surface area (Å²) < 4.78 is 13.0. The summed E-state index contributed by atoms with van der Waals surface area (Å²) in [7, 11) is 6.63. The smallest absolute Gasteiger partial charge is 0.302 e. The van der Waals surface area contributed by atoms with Crippen molar-refractivity contribution in [2.75, 3.05) is 39.8 Å². The largest absolute Gasteiger partial charge is 0.510 e. The van der Waals surface area contributed by atoms with Crippen molar-refractivity contribution in [1.82, 2.24) is 10.2 Å². The topological polar surface area (TPSA) is 187 Å². The molecular formula is C27H34FN5O7. The number of fused-ring (bicyclic) bond motifs is 3. The van der Waals surface area contributed by atoms with Gasteiger partial charge in [-0.1, -0.05) is 0 Å². The molecule has 1 aromatic rings. The van der Waals surface area contributed by atoms with E-state index < -0.39 is 70.8 Å². The van der Waals surface area contributed by atoms with E-state index in [0.717, 1.165) is 0 Å². The lowest BCUT2D eigenvalue weighted by Crippen LogP contribution is -2.63. The van der Waals surface area contributed by atoms with Crippen molar-refractivity contribution in [2.24, 2.45) is 17.0 Å². The minimum absolute atomic E-state index is 0.0237. The predicted octanol–water partition coefficient (Wildman–Crippen LogP) is 1.71. The van der Waals surface area contributed by atoms with Crippen LogP contribution < -0.4 is 10.2 Å². The molecule has 0 bridgehead atoms. The number of phenols is 1. The summed E-state index contributed by atoms with van der Waals surface area (Å²) in [5.41, 5.74) is 4.47. The number of allylic oxidation sites excluding steroid dienone is 1. The number of ketones is 2. The molecule has 216 valence electrons. The van der Waals surface area contributed by atoms with Crippen molar-refractivity contribution in [3.8, 4) is 5.75 Å². The average Bonchev–Trinajstić information content (AvgIpc) is 2.89. The lowest BCUT2D eigenvalue weighted by Gasteiger charge is -2.50. The van der Waals surface area contributed by atoms with E-state index >= 15 is 0 Å². The summed E-state index contributed by atoms with van der Waals surface area (Å²) >= 11 is 0. The fourth-order valence-electron chi connectivity index (χ4n) is 6.25. The van der Waals surface area contributed by atoms with Gasteiger partial charge in [-0.15, -0.1) is 5.11 Å². The molecule has 3 aliphatic rings. The Labute approximate surface area is 230 Å². The van der Waals surface area contributed by atoms with Crippen LogP contribution in [0.15, 0.2) is 33.8 Å². The van der Waals surface area contributed by atoms with Crippen LogP contribution in [0.25, 0.3) is 0 Å². The van der Waals surface area contributed by atoms with E-state index in [9.17, 15) is 39.2 Å². The van der Waals surface area contributed by atoms with Crippen LogP contribution in [-0.2, 0) is 22.6 Å². The molecule has 0 radical (unpaired) electrons. The van der Waals surface area contributed by atoms with E-state index in [-0.39, 0.29) is 36.3 Å². The molecule has 0 aromatic heterocycles. The second-order valence-corrected chi connectivity index (χ2v) is 11.1. The maximum atomic E-state index is 14.0. The van der Waals surface area contributed by atoms with Crippen LogP contribution in [0.2, 0.25) is 0 Å². The van der Waals surface area contributed by atoms with Crippen molar-refractivity contribution in [3.05, 3.63) is 45.4 Å². The van der Waals surface area contributed by atoms with Crippen LogP contribution in [0.4, 0.5) is 10.1 Å². The molecule has 5 atom stereocenters. The van der Waals surface area contributed by atoms with E-state index in [0.29, 0.717) is 16.8 Å². The van der Waals surface area contributed by atoms with Gasteiger partial charge in [-0.05, 0) is 51.4 Å². The highest BCUT2D eigenvalue weighted by atomic mass is 19.1. The van der Waals surface area contributed by atoms with Crippen LogP contribution >= 0.6 is 0 Å². The van der Waals surface area contributed by atoms with Crippen LogP contribution in [0, 0.1) is 17.4 Å². The second-order valence-electron chi connectivity index (χ2n) is 11.1. The maximum Gasteiger partial charge on any atom is 0.302 e. The number of alkyl halides is 1. The van der Waals surface area contributed by atoms with Gasteiger partial charge in [0.1, 0.15) is 29.5 Å². The van der Waals surface area contributed by atoms with Gasteiger partial charge in [-0.3, -0.25) is 19.3 Å². The minimum atomic E-state index is -2.76. The zero-order valence-electron chi connectivity index (χ0n) is 22.9. The lowest BCUT2D eigenvalue weighted by atomic mass is 9.58. The van der Waals surface area contributed by atoms with Crippen molar-refractivity contribution >= 4 is 23.2 Å². The summed E-state index contributed by atoms with van der Waals surface area (Å²) in [6, 6.07) is 0.0844. The van der Waals surface area contributed by atoms with Crippen LogP contribution in [0.1, 0.15) is 34.8 Å². The molecular weight excluding hydrogens is 525 g/mol. The van der Waals surface area contributed by atoms with Gasteiger partial charge in [0.15, 0.2) is 11.4 Å². The average molecular weight is 560 g/mol. The SMILES string of the molecule is CC(CF)NCc1cc(N(C)C)c2c(c1O)C(=O)C1=C(O)[C@]3(O)C(=O)C(C(=O)N=N)=C(O)C(N(C)C)[C@@H]3C[C@@H]1C2. The molecule has 0 fully saturated rings. The Kier molecular flexibility index (Phi) is 7.60. The zero-order chi connectivity index (χ0) is 29.8. The Balaban J connectivity index is 1.93. The van der Waals surface area contributed by atoms with E-state index in [1.165, 1.54) is 4.90 Å². The highest BCUT2D eigenvalue weighted by molar-refractivity contribution is 6.25. The van der Waals surface area contributed by atoms with Gasteiger partial charge in [-0.2, -0.15) is 0 Å². The molecule has 3 aliphatic carbocycles. The number of nitrogens with one attached hydrogen (secondary N) is 2. The fraction of sp³-hybridized carbons (Fsp3) is 0.519. The highest BCUT2D eigenvalue weighted by Crippen LogP contribution is 2.53. The van der Waals surface area contributed by atoms with Gasteiger partial charge in [0.25, 0.3) is 0 Å². The molecule has 13 heteroatoms. The van der Waals surface area contributed by atoms with Crippen molar-refractivity contribution in [1.29, 1.82) is 5.53 Å². The Morgan fingerprint density at radius 2 is 1.90 bits per heavy atom. The number of carbonyl (C=O) groups is 3. The molecule has 0 heterocycles. The molecule has 0 saturated heterocycles. The molecule has 0 spiro atoms. The number of halogens is 1. The number of hydrogen-bond donors (Lipinski definition) is 6. The number of phenolic OH excluding ortho intramolecular Hbond substituents is 1. The van der Waals surface area contributed by atoms with Gasteiger partial charge in [-0.25, -0.2) is 9.92 Å². The molecule has 0 aliphatic heterocycles. The number of nitrogens with zero attached hydrogens (tertiary/aromatic N) is 3. The first-order chi connectivity index (χ1) is 18.7. The first-order valence-electron chi connectivity index (χ1n) is 12.8. The molecule has 40 heavy (non-hydrogen) atoms. The molecule has 0 saturated carbocycles. The number of aliphatic hydroxyl groups excluding tert-OH is 2. The lowest BCUT2D eigenvalue weighted by molar-refractivity contribution is -0.148. The van der Waals surface area contributed by atoms with E-state index in [1.807, 2.05) is 0 Å². The predicted molar refractivity (Wildman–Crippen MR) is 141 cm³/mol. The van der Waals surface area contributed by atoms with Crippen LogP contribution in [0.3, 0.4) is 0 Å². The third kappa shape index (κ3) is 4.19. The Morgan fingerprint density at radius 1 is 1.25 bits per heavy atom. The monoisotopic (exact) mass is 559 g/mol. The minimum Gasteiger partial charge on any atom is -0.510 e. The van der Waals surface area contributed by atoms with Gasteiger partial charge in [0, 0.05) is 49.4 Å². The summed E-state index contributed by atoms with van der Waals surface area (Å²) in [4.78, 5) is 43.1. The molecule has 12 nitrogen and oxygen atoms in total. The standard InChI is InChI=1S/C27H34FN5O7/c1-11(9-28)30-10-13-8-16(32(2)3)14-6-12-7-15-20(33(4)5)23(36)19(26(39)31-29)25(38)27(15,40)24(37)17(12)22(35)18(14)21(13)34/h8,11-12,15,20,29-30,34,36-37,40H,6-7,9-10H2,1-5H3/t11?,12-,15-,20?,27-/m0/s1. The summed E-state index contributed by atoms with van der Waals surface area (Å²) in [6.07, 6.45) is 0.138. The van der Waals surface area contributed by atoms with Crippen molar-refractivity contribution in [3.63, 3.8) is 0 Å². The third-order valence-corrected chi connectivity index (χ3v) is 8.20. The highest BCUT2D eigenvalue weighted by Gasteiger charge is 2.63. The van der Waals surface area contributed by atoms with Gasteiger partial charge in [0.2, 0.25) is 5.78 Å². The van der Waals surface area contributed by atoms with Crippen molar-refractivity contribution < 1.29 is 39.2 Å². The number of benzene rings is 1. The summed E-state index contributed by atoms with van der Waals surface area (Å²) in [6.45, 7) is 1.03.